The van der Waals surface area contributed by atoms with E-state index >= 15 is 0 Å². The molecule has 1 unspecified atom stereocenters. The molecule has 0 aliphatic carbocycles. The van der Waals surface area contributed by atoms with E-state index in [1.165, 1.54) is 0 Å². The monoisotopic (exact) mass is 519 g/mol. The molecule has 0 saturated heterocycles. The molecule has 1 aromatic heterocycles. The van der Waals surface area contributed by atoms with Gasteiger partial charge in [0.1, 0.15) is 12.4 Å². The van der Waals surface area contributed by atoms with Gasteiger partial charge in [0.15, 0.2) is 11.5 Å². The average Bonchev–Trinajstić information content (AvgIpc) is 3.34. The number of ether oxygens (including phenoxy) is 2. The summed E-state index contributed by atoms with van der Waals surface area (Å²) in [5.74, 6) is 2.19. The number of hydrogen-bond donors (Lipinski definition) is 1. The van der Waals surface area contributed by atoms with Gasteiger partial charge in [-0.25, -0.2) is 4.98 Å². The molecule has 0 fully saturated rings. The Bertz CT molecular complexity index is 1530. The first-order chi connectivity index (χ1) is 19.1. The average molecular weight is 520 g/mol. The van der Waals surface area contributed by atoms with Crippen LogP contribution in [0, 0.1) is 0 Å². The van der Waals surface area contributed by atoms with Gasteiger partial charge in [-0.1, -0.05) is 78.9 Å². The summed E-state index contributed by atoms with van der Waals surface area (Å²) >= 11 is 0. The second kappa shape index (κ2) is 12.3. The number of nitrogens with zero attached hydrogens (tertiary/aromatic N) is 2. The van der Waals surface area contributed by atoms with Gasteiger partial charge in [-0.3, -0.25) is 4.79 Å². The zero-order valence-corrected chi connectivity index (χ0v) is 22.3. The highest BCUT2D eigenvalue weighted by Crippen LogP contribution is 2.27. The predicted molar refractivity (Wildman–Crippen MR) is 155 cm³/mol. The lowest BCUT2D eigenvalue weighted by atomic mass is 10.0. The number of para-hydroxylation sites is 4. The molecule has 5 aromatic rings. The van der Waals surface area contributed by atoms with Gasteiger partial charge in [0.2, 0.25) is 5.91 Å². The Morgan fingerprint density at radius 3 is 2.21 bits per heavy atom. The van der Waals surface area contributed by atoms with Crippen LogP contribution in [0.25, 0.3) is 22.2 Å². The Morgan fingerprint density at radius 2 is 1.46 bits per heavy atom. The van der Waals surface area contributed by atoms with E-state index in [0.717, 1.165) is 39.3 Å². The SMILES string of the molecule is CCOc1ccccc1OCCn1c(C(C)NC(=O)Cc2ccc(-c3ccccc3)cc2)nc2ccccc21. The molecule has 1 atom stereocenters. The van der Waals surface area contributed by atoms with E-state index < -0.39 is 0 Å². The molecular formula is C33H33N3O3. The molecule has 0 bridgehead atoms. The van der Waals surface area contributed by atoms with E-state index in [1.807, 2.05) is 92.7 Å². The van der Waals surface area contributed by atoms with E-state index in [0.29, 0.717) is 31.9 Å². The summed E-state index contributed by atoms with van der Waals surface area (Å²) in [6, 6.07) is 33.8. The minimum atomic E-state index is -0.274. The molecule has 1 heterocycles. The van der Waals surface area contributed by atoms with Crippen LogP contribution in [-0.2, 0) is 17.8 Å². The molecule has 0 aliphatic heterocycles. The van der Waals surface area contributed by atoms with Crippen molar-refractivity contribution >= 4 is 16.9 Å². The molecule has 198 valence electrons. The number of benzene rings is 4. The van der Waals surface area contributed by atoms with Crippen molar-refractivity contribution in [3.8, 4) is 22.6 Å². The number of carbonyl (C=O) groups is 1. The maximum atomic E-state index is 13.0. The molecule has 0 aliphatic rings. The van der Waals surface area contributed by atoms with Crippen LogP contribution in [0.4, 0.5) is 0 Å². The Morgan fingerprint density at radius 1 is 0.821 bits per heavy atom. The number of hydrogen-bond acceptors (Lipinski definition) is 4. The van der Waals surface area contributed by atoms with E-state index in [-0.39, 0.29) is 11.9 Å². The van der Waals surface area contributed by atoms with Crippen molar-refractivity contribution in [3.05, 3.63) is 115 Å². The number of fused-ring (bicyclic) bond motifs is 1. The predicted octanol–water partition coefficient (Wildman–Crippen LogP) is 6.60. The number of imidazole rings is 1. The maximum absolute atomic E-state index is 13.0. The van der Waals surface area contributed by atoms with Crippen LogP contribution < -0.4 is 14.8 Å². The van der Waals surface area contributed by atoms with Gasteiger partial charge in [-0.15, -0.1) is 0 Å². The van der Waals surface area contributed by atoms with Crippen molar-refractivity contribution in [2.45, 2.75) is 32.9 Å². The molecule has 1 N–H and O–H groups in total. The largest absolute Gasteiger partial charge is 0.490 e. The lowest BCUT2D eigenvalue weighted by Crippen LogP contribution is -2.30. The van der Waals surface area contributed by atoms with Gasteiger partial charge in [0.25, 0.3) is 0 Å². The molecule has 0 spiro atoms. The van der Waals surface area contributed by atoms with Crippen LogP contribution in [0.3, 0.4) is 0 Å². The molecular weight excluding hydrogens is 486 g/mol. The quantitative estimate of drug-likeness (QED) is 0.214. The van der Waals surface area contributed by atoms with Gasteiger partial charge in [-0.05, 0) is 54.8 Å². The van der Waals surface area contributed by atoms with Crippen LogP contribution in [0.15, 0.2) is 103 Å². The van der Waals surface area contributed by atoms with Crippen LogP contribution >= 0.6 is 0 Å². The van der Waals surface area contributed by atoms with Crippen molar-refractivity contribution in [1.82, 2.24) is 14.9 Å². The Labute approximate surface area is 229 Å². The molecule has 0 radical (unpaired) electrons. The van der Waals surface area contributed by atoms with Crippen LogP contribution in [0.1, 0.15) is 31.3 Å². The lowest BCUT2D eigenvalue weighted by molar-refractivity contribution is -0.121. The van der Waals surface area contributed by atoms with Crippen molar-refractivity contribution in [3.63, 3.8) is 0 Å². The van der Waals surface area contributed by atoms with Crippen molar-refractivity contribution in [2.24, 2.45) is 0 Å². The zero-order valence-electron chi connectivity index (χ0n) is 22.3. The third-order valence-electron chi connectivity index (χ3n) is 6.60. The maximum Gasteiger partial charge on any atom is 0.224 e. The van der Waals surface area contributed by atoms with Gasteiger partial charge in [0.05, 0.1) is 36.6 Å². The Balaban J connectivity index is 1.26. The Hall–Kier alpha value is -4.58. The molecule has 6 nitrogen and oxygen atoms in total. The highest BCUT2D eigenvalue weighted by Gasteiger charge is 2.19. The minimum Gasteiger partial charge on any atom is -0.490 e. The summed E-state index contributed by atoms with van der Waals surface area (Å²) in [5.41, 5.74) is 5.15. The highest BCUT2D eigenvalue weighted by molar-refractivity contribution is 5.80. The standard InChI is InChI=1S/C33H33N3O3/c1-3-38-30-15-9-10-16-31(30)39-22-21-36-29-14-8-7-13-28(29)35-33(36)24(2)34-32(37)23-25-17-19-27(20-18-25)26-11-5-4-6-12-26/h4-20,24H,3,21-23H2,1-2H3,(H,34,37). The highest BCUT2D eigenvalue weighted by atomic mass is 16.5. The second-order valence-electron chi connectivity index (χ2n) is 9.37. The summed E-state index contributed by atoms with van der Waals surface area (Å²) in [6.45, 7) is 5.52. The molecule has 1 amide bonds. The first kappa shape index (κ1) is 26.0. The molecule has 5 rings (SSSR count). The first-order valence-electron chi connectivity index (χ1n) is 13.4. The van der Waals surface area contributed by atoms with Crippen molar-refractivity contribution in [1.29, 1.82) is 0 Å². The second-order valence-corrected chi connectivity index (χ2v) is 9.37. The molecule has 4 aromatic carbocycles. The third kappa shape index (κ3) is 6.29. The summed E-state index contributed by atoms with van der Waals surface area (Å²) in [4.78, 5) is 17.8. The zero-order chi connectivity index (χ0) is 27.0. The minimum absolute atomic E-state index is 0.0459. The number of aromatic nitrogens is 2. The van der Waals surface area contributed by atoms with E-state index in [2.05, 4.69) is 34.1 Å². The van der Waals surface area contributed by atoms with Crippen LogP contribution in [-0.4, -0.2) is 28.7 Å². The number of amides is 1. The van der Waals surface area contributed by atoms with Gasteiger partial charge in [-0.2, -0.15) is 0 Å². The summed E-state index contributed by atoms with van der Waals surface area (Å²) in [6.07, 6.45) is 0.303. The van der Waals surface area contributed by atoms with Crippen LogP contribution in [0.2, 0.25) is 0 Å². The fourth-order valence-electron chi connectivity index (χ4n) is 4.74. The van der Waals surface area contributed by atoms with Gasteiger partial charge < -0.3 is 19.4 Å². The number of rotatable bonds is 11. The van der Waals surface area contributed by atoms with Gasteiger partial charge in [0, 0.05) is 0 Å². The summed E-state index contributed by atoms with van der Waals surface area (Å²) in [5, 5.41) is 3.14. The fraction of sp³-hybridized carbons (Fsp3) is 0.212. The van der Waals surface area contributed by atoms with Crippen molar-refractivity contribution in [2.75, 3.05) is 13.2 Å². The lowest BCUT2D eigenvalue weighted by Gasteiger charge is -2.17. The van der Waals surface area contributed by atoms with E-state index in [1.54, 1.807) is 0 Å². The summed E-state index contributed by atoms with van der Waals surface area (Å²) in [7, 11) is 0. The van der Waals surface area contributed by atoms with E-state index in [9.17, 15) is 4.79 Å². The van der Waals surface area contributed by atoms with Crippen molar-refractivity contribution < 1.29 is 14.3 Å². The summed E-state index contributed by atoms with van der Waals surface area (Å²) < 4.78 is 13.9. The Kier molecular flexibility index (Phi) is 8.22. The first-order valence-corrected chi connectivity index (χ1v) is 13.4. The topological polar surface area (TPSA) is 65.4 Å². The fourth-order valence-corrected chi connectivity index (χ4v) is 4.74. The number of carbonyl (C=O) groups excluding carboxylic acids is 1. The molecule has 6 heteroatoms. The third-order valence-corrected chi connectivity index (χ3v) is 6.60. The normalized spacial score (nSPS) is 11.7. The molecule has 39 heavy (non-hydrogen) atoms. The smallest absolute Gasteiger partial charge is 0.224 e. The van der Waals surface area contributed by atoms with Gasteiger partial charge >= 0.3 is 0 Å². The number of nitrogens with one attached hydrogen (secondary N) is 1. The van der Waals surface area contributed by atoms with E-state index in [4.69, 9.17) is 14.5 Å². The molecule has 0 saturated carbocycles. The van der Waals surface area contributed by atoms with Crippen LogP contribution in [0.5, 0.6) is 11.5 Å².